The molecule has 1 fully saturated rings. The van der Waals surface area contributed by atoms with Crippen molar-refractivity contribution in [3.63, 3.8) is 0 Å². The second-order valence-corrected chi connectivity index (χ2v) is 7.06. The third kappa shape index (κ3) is 7.42. The molecular formula is C22H31NO3. The van der Waals surface area contributed by atoms with Gasteiger partial charge in [-0.05, 0) is 44.1 Å². The van der Waals surface area contributed by atoms with Gasteiger partial charge in [0.2, 0.25) is 5.91 Å². The molecule has 0 bridgehead atoms. The van der Waals surface area contributed by atoms with E-state index in [1.54, 1.807) is 0 Å². The monoisotopic (exact) mass is 357 g/mol. The lowest BCUT2D eigenvalue weighted by Crippen LogP contribution is -2.43. The van der Waals surface area contributed by atoms with Gasteiger partial charge in [0.15, 0.2) is 0 Å². The van der Waals surface area contributed by atoms with Crippen LogP contribution in [-0.4, -0.2) is 34.5 Å². The van der Waals surface area contributed by atoms with E-state index in [9.17, 15) is 9.59 Å². The maximum Gasteiger partial charge on any atom is 0.303 e. The quantitative estimate of drug-likeness (QED) is 0.465. The largest absolute Gasteiger partial charge is 0.481 e. The van der Waals surface area contributed by atoms with Gasteiger partial charge in [-0.15, -0.1) is 0 Å². The van der Waals surface area contributed by atoms with Crippen molar-refractivity contribution in [3.8, 4) is 0 Å². The zero-order chi connectivity index (χ0) is 18.6. The fourth-order valence-electron chi connectivity index (χ4n) is 3.50. The average molecular weight is 357 g/mol. The third-order valence-electron chi connectivity index (χ3n) is 4.95. The highest BCUT2D eigenvalue weighted by Crippen LogP contribution is 2.20. The Morgan fingerprint density at radius 3 is 2.69 bits per heavy atom. The first-order valence-electron chi connectivity index (χ1n) is 9.88. The zero-order valence-corrected chi connectivity index (χ0v) is 15.6. The molecule has 1 amide bonds. The van der Waals surface area contributed by atoms with Crippen LogP contribution in [0.4, 0.5) is 0 Å². The summed E-state index contributed by atoms with van der Waals surface area (Å²) in [4.78, 5) is 24.8. The molecule has 1 heterocycles. The average Bonchev–Trinajstić information content (AvgIpc) is 2.64. The number of carboxylic acids is 1. The molecule has 26 heavy (non-hydrogen) atoms. The summed E-state index contributed by atoms with van der Waals surface area (Å²) in [6.07, 6.45) is 13.0. The molecule has 1 N–H and O–H groups in total. The molecule has 0 aliphatic carbocycles. The van der Waals surface area contributed by atoms with Crippen LogP contribution in [0, 0.1) is 0 Å². The highest BCUT2D eigenvalue weighted by atomic mass is 16.4. The SMILES string of the molecule is O=C(O)CCCCCCN1C(=O)CCCC1C=CCCc1ccccc1. The van der Waals surface area contributed by atoms with Crippen molar-refractivity contribution in [2.75, 3.05) is 6.54 Å². The molecule has 1 aromatic rings. The molecule has 0 aromatic heterocycles. The van der Waals surface area contributed by atoms with Crippen LogP contribution in [0.15, 0.2) is 42.5 Å². The van der Waals surface area contributed by atoms with E-state index in [4.69, 9.17) is 5.11 Å². The van der Waals surface area contributed by atoms with Crippen molar-refractivity contribution in [1.29, 1.82) is 0 Å². The predicted molar refractivity (Wildman–Crippen MR) is 104 cm³/mol. The van der Waals surface area contributed by atoms with Crippen LogP contribution in [0.25, 0.3) is 0 Å². The topological polar surface area (TPSA) is 57.6 Å². The van der Waals surface area contributed by atoms with Crippen LogP contribution in [0.1, 0.15) is 63.4 Å². The molecule has 0 spiro atoms. The molecule has 1 unspecified atom stereocenters. The number of piperidine rings is 1. The number of amides is 1. The highest BCUT2D eigenvalue weighted by Gasteiger charge is 2.25. The second kappa shape index (κ2) is 11.5. The fourth-order valence-corrected chi connectivity index (χ4v) is 3.50. The number of nitrogens with zero attached hydrogens (tertiary/aromatic N) is 1. The maximum absolute atomic E-state index is 12.3. The third-order valence-corrected chi connectivity index (χ3v) is 4.95. The Morgan fingerprint density at radius 2 is 1.92 bits per heavy atom. The zero-order valence-electron chi connectivity index (χ0n) is 15.6. The van der Waals surface area contributed by atoms with Gasteiger partial charge in [0.05, 0.1) is 0 Å². The fraction of sp³-hybridized carbons (Fsp3) is 0.545. The molecule has 1 aliphatic heterocycles. The minimum absolute atomic E-state index is 0.228. The Balaban J connectivity index is 1.72. The number of aryl methyl sites for hydroxylation is 1. The summed E-state index contributed by atoms with van der Waals surface area (Å²) in [5.74, 6) is -0.462. The smallest absolute Gasteiger partial charge is 0.303 e. The van der Waals surface area contributed by atoms with E-state index >= 15 is 0 Å². The van der Waals surface area contributed by atoms with Gasteiger partial charge >= 0.3 is 5.97 Å². The summed E-state index contributed by atoms with van der Waals surface area (Å²) in [5.41, 5.74) is 1.34. The first kappa shape index (κ1) is 20.2. The highest BCUT2D eigenvalue weighted by molar-refractivity contribution is 5.77. The minimum Gasteiger partial charge on any atom is -0.481 e. The van der Waals surface area contributed by atoms with Crippen molar-refractivity contribution in [1.82, 2.24) is 4.90 Å². The normalized spacial score (nSPS) is 17.8. The molecule has 1 aromatic carbocycles. The van der Waals surface area contributed by atoms with Crippen LogP contribution < -0.4 is 0 Å². The van der Waals surface area contributed by atoms with Crippen LogP contribution in [0.2, 0.25) is 0 Å². The van der Waals surface area contributed by atoms with Crippen LogP contribution in [0.5, 0.6) is 0 Å². The van der Waals surface area contributed by atoms with Gasteiger partial charge < -0.3 is 10.0 Å². The standard InChI is InChI=1S/C22H31NO3/c24-21-16-10-15-20(14-8-7-13-19-11-4-3-5-12-19)23(21)18-9-2-1-6-17-22(25)26/h3-5,8,11-12,14,20H,1-2,6-7,9-10,13,15-18H2,(H,25,26). The lowest BCUT2D eigenvalue weighted by Gasteiger charge is -2.34. The number of hydrogen-bond donors (Lipinski definition) is 1. The molecule has 1 saturated heterocycles. The number of rotatable bonds is 11. The van der Waals surface area contributed by atoms with Gasteiger partial charge in [-0.1, -0.05) is 55.3 Å². The van der Waals surface area contributed by atoms with Gasteiger partial charge in [0.1, 0.15) is 0 Å². The Kier molecular flexibility index (Phi) is 8.94. The van der Waals surface area contributed by atoms with Gasteiger partial charge in [0.25, 0.3) is 0 Å². The van der Waals surface area contributed by atoms with Crippen LogP contribution in [0.3, 0.4) is 0 Å². The number of carbonyl (C=O) groups is 2. The Bertz CT molecular complexity index is 582. The number of hydrogen-bond acceptors (Lipinski definition) is 2. The van der Waals surface area contributed by atoms with Gasteiger partial charge in [-0.3, -0.25) is 9.59 Å². The number of likely N-dealkylation sites (tertiary alicyclic amines) is 1. The van der Waals surface area contributed by atoms with E-state index in [1.165, 1.54) is 5.56 Å². The molecule has 0 saturated carbocycles. The Labute approximate surface area is 156 Å². The predicted octanol–water partition coefficient (Wildman–Crippen LogP) is 4.59. The van der Waals surface area contributed by atoms with E-state index in [0.717, 1.165) is 57.9 Å². The molecule has 4 heteroatoms. The summed E-state index contributed by atoms with van der Waals surface area (Å²) in [6, 6.07) is 10.7. The molecule has 1 atom stereocenters. The van der Waals surface area contributed by atoms with Crippen molar-refractivity contribution >= 4 is 11.9 Å². The van der Waals surface area contributed by atoms with Crippen LogP contribution in [-0.2, 0) is 16.0 Å². The number of allylic oxidation sites excluding steroid dienone is 1. The van der Waals surface area contributed by atoms with Crippen molar-refractivity contribution in [2.45, 2.75) is 70.3 Å². The summed E-state index contributed by atoms with van der Waals surface area (Å²) < 4.78 is 0. The first-order chi connectivity index (χ1) is 12.7. The first-order valence-corrected chi connectivity index (χ1v) is 9.88. The number of benzene rings is 1. The maximum atomic E-state index is 12.3. The number of carbonyl (C=O) groups excluding carboxylic acids is 1. The van der Waals surface area contributed by atoms with Crippen molar-refractivity contribution < 1.29 is 14.7 Å². The Morgan fingerprint density at radius 1 is 1.15 bits per heavy atom. The van der Waals surface area contributed by atoms with Gasteiger partial charge in [-0.25, -0.2) is 0 Å². The molecule has 1 aliphatic rings. The van der Waals surface area contributed by atoms with Crippen molar-refractivity contribution in [3.05, 3.63) is 48.0 Å². The van der Waals surface area contributed by atoms with E-state index < -0.39 is 5.97 Å². The molecular weight excluding hydrogens is 326 g/mol. The van der Waals surface area contributed by atoms with Crippen molar-refractivity contribution in [2.24, 2.45) is 0 Å². The molecule has 0 radical (unpaired) electrons. The number of carboxylic acid groups (broad SMARTS) is 1. The summed E-state index contributed by atoms with van der Waals surface area (Å²) in [6.45, 7) is 0.791. The van der Waals surface area contributed by atoms with Gasteiger partial charge in [-0.2, -0.15) is 0 Å². The van der Waals surface area contributed by atoms with E-state index in [0.29, 0.717) is 6.42 Å². The molecule has 2 rings (SSSR count). The summed E-state index contributed by atoms with van der Waals surface area (Å²) >= 11 is 0. The second-order valence-electron chi connectivity index (χ2n) is 7.06. The van der Waals surface area contributed by atoms with E-state index in [2.05, 4.69) is 36.4 Å². The van der Waals surface area contributed by atoms with Crippen LogP contribution >= 0.6 is 0 Å². The minimum atomic E-state index is -0.725. The lowest BCUT2D eigenvalue weighted by molar-refractivity contribution is -0.137. The number of unbranched alkanes of at least 4 members (excludes halogenated alkanes) is 3. The van der Waals surface area contributed by atoms with Gasteiger partial charge in [0, 0.05) is 25.4 Å². The molecule has 4 nitrogen and oxygen atoms in total. The summed E-state index contributed by atoms with van der Waals surface area (Å²) in [5, 5.41) is 8.66. The number of aliphatic carboxylic acids is 1. The summed E-state index contributed by atoms with van der Waals surface area (Å²) in [7, 11) is 0. The van der Waals surface area contributed by atoms with E-state index in [-0.39, 0.29) is 18.4 Å². The lowest BCUT2D eigenvalue weighted by atomic mass is 9.99. The Hall–Kier alpha value is -2.10. The molecule has 142 valence electrons. The van der Waals surface area contributed by atoms with E-state index in [1.807, 2.05) is 11.0 Å².